The molecule has 0 aliphatic carbocycles. The van der Waals surface area contributed by atoms with Gasteiger partial charge in [0, 0.05) is 6.42 Å². The van der Waals surface area contributed by atoms with Crippen molar-refractivity contribution in [3.63, 3.8) is 0 Å². The number of carbonyl (C=O) groups excluding carboxylic acids is 1. The monoisotopic (exact) mass is 222 g/mol. The van der Waals surface area contributed by atoms with Crippen LogP contribution in [0.5, 0.6) is 0 Å². The minimum absolute atomic E-state index is 0.192. The standard InChI is InChI=1S/C13H18O3/c1-2-16-13(15)10-6-9-12(14)11-7-4-3-5-8-11/h3-5,7-8,12,14H,2,6,9-10H2,1H3/t12-/m0/s1. The number of esters is 1. The Kier molecular flexibility index (Phi) is 5.57. The molecule has 3 nitrogen and oxygen atoms in total. The van der Waals surface area contributed by atoms with E-state index in [-0.39, 0.29) is 5.97 Å². The van der Waals surface area contributed by atoms with E-state index in [1.807, 2.05) is 30.3 Å². The fraction of sp³-hybridized carbons (Fsp3) is 0.462. The Hall–Kier alpha value is -1.35. The van der Waals surface area contributed by atoms with Gasteiger partial charge < -0.3 is 9.84 Å². The van der Waals surface area contributed by atoms with Crippen molar-refractivity contribution >= 4 is 5.97 Å². The smallest absolute Gasteiger partial charge is 0.305 e. The first kappa shape index (κ1) is 12.7. The summed E-state index contributed by atoms with van der Waals surface area (Å²) in [4.78, 5) is 11.1. The molecule has 88 valence electrons. The number of hydrogen-bond donors (Lipinski definition) is 1. The highest BCUT2D eigenvalue weighted by Crippen LogP contribution is 2.18. The van der Waals surface area contributed by atoms with Gasteiger partial charge in [-0.2, -0.15) is 0 Å². The molecule has 0 fully saturated rings. The Morgan fingerprint density at radius 2 is 2.06 bits per heavy atom. The van der Waals surface area contributed by atoms with Gasteiger partial charge in [0.15, 0.2) is 0 Å². The van der Waals surface area contributed by atoms with Crippen LogP contribution in [0.1, 0.15) is 37.9 Å². The predicted molar refractivity (Wildman–Crippen MR) is 61.9 cm³/mol. The van der Waals surface area contributed by atoms with Crippen molar-refractivity contribution in [1.82, 2.24) is 0 Å². The number of carbonyl (C=O) groups is 1. The molecule has 0 spiro atoms. The lowest BCUT2D eigenvalue weighted by Gasteiger charge is -2.10. The van der Waals surface area contributed by atoms with Crippen molar-refractivity contribution in [2.75, 3.05) is 6.61 Å². The first-order valence-electron chi connectivity index (χ1n) is 5.62. The molecule has 0 aromatic heterocycles. The quantitative estimate of drug-likeness (QED) is 0.752. The van der Waals surface area contributed by atoms with E-state index in [1.165, 1.54) is 0 Å². The van der Waals surface area contributed by atoms with Crippen molar-refractivity contribution in [1.29, 1.82) is 0 Å². The maximum Gasteiger partial charge on any atom is 0.305 e. The van der Waals surface area contributed by atoms with Gasteiger partial charge in [-0.1, -0.05) is 30.3 Å². The van der Waals surface area contributed by atoms with E-state index in [1.54, 1.807) is 6.92 Å². The van der Waals surface area contributed by atoms with Gasteiger partial charge in [-0.25, -0.2) is 0 Å². The number of aliphatic hydroxyl groups excluding tert-OH is 1. The summed E-state index contributed by atoms with van der Waals surface area (Å²) in [6, 6.07) is 9.46. The van der Waals surface area contributed by atoms with Crippen LogP contribution in [0.15, 0.2) is 30.3 Å². The molecule has 0 saturated carbocycles. The van der Waals surface area contributed by atoms with Crippen molar-refractivity contribution in [2.24, 2.45) is 0 Å². The number of rotatable bonds is 6. The van der Waals surface area contributed by atoms with Crippen LogP contribution >= 0.6 is 0 Å². The second-order valence-electron chi connectivity index (χ2n) is 3.62. The average molecular weight is 222 g/mol. The number of ether oxygens (including phenoxy) is 1. The van der Waals surface area contributed by atoms with Crippen LogP contribution in [0.2, 0.25) is 0 Å². The van der Waals surface area contributed by atoms with E-state index in [4.69, 9.17) is 4.74 Å². The highest BCUT2D eigenvalue weighted by Gasteiger charge is 2.08. The third-order valence-electron chi connectivity index (χ3n) is 2.35. The van der Waals surface area contributed by atoms with Crippen molar-refractivity contribution in [3.05, 3.63) is 35.9 Å². The normalized spacial score (nSPS) is 12.1. The highest BCUT2D eigenvalue weighted by atomic mass is 16.5. The lowest BCUT2D eigenvalue weighted by molar-refractivity contribution is -0.143. The lowest BCUT2D eigenvalue weighted by Crippen LogP contribution is -2.05. The van der Waals surface area contributed by atoms with E-state index < -0.39 is 6.10 Å². The largest absolute Gasteiger partial charge is 0.466 e. The molecule has 1 atom stereocenters. The molecule has 0 amide bonds. The van der Waals surface area contributed by atoms with Gasteiger partial charge in [0.25, 0.3) is 0 Å². The van der Waals surface area contributed by atoms with E-state index in [9.17, 15) is 9.90 Å². The molecule has 1 rings (SSSR count). The third kappa shape index (κ3) is 4.45. The zero-order valence-corrected chi connectivity index (χ0v) is 9.56. The van der Waals surface area contributed by atoms with Gasteiger partial charge in [-0.15, -0.1) is 0 Å². The minimum atomic E-state index is -0.490. The highest BCUT2D eigenvalue weighted by molar-refractivity contribution is 5.69. The van der Waals surface area contributed by atoms with Crippen LogP contribution in [-0.2, 0) is 9.53 Å². The molecular weight excluding hydrogens is 204 g/mol. The summed E-state index contributed by atoms with van der Waals surface area (Å²) in [7, 11) is 0. The zero-order chi connectivity index (χ0) is 11.8. The minimum Gasteiger partial charge on any atom is -0.466 e. The average Bonchev–Trinajstić information content (AvgIpc) is 2.30. The topological polar surface area (TPSA) is 46.5 Å². The molecule has 3 heteroatoms. The van der Waals surface area contributed by atoms with Crippen LogP contribution < -0.4 is 0 Å². The van der Waals surface area contributed by atoms with Gasteiger partial charge >= 0.3 is 5.97 Å². The van der Waals surface area contributed by atoms with Crippen molar-refractivity contribution in [2.45, 2.75) is 32.3 Å². The van der Waals surface area contributed by atoms with Gasteiger partial charge in [0.2, 0.25) is 0 Å². The number of aliphatic hydroxyl groups is 1. The van der Waals surface area contributed by atoms with Crippen LogP contribution in [0, 0.1) is 0 Å². The molecule has 16 heavy (non-hydrogen) atoms. The molecule has 1 aromatic rings. The first-order valence-corrected chi connectivity index (χ1v) is 5.62. The molecule has 0 heterocycles. The second kappa shape index (κ2) is 7.01. The van der Waals surface area contributed by atoms with Crippen LogP contribution in [0.3, 0.4) is 0 Å². The van der Waals surface area contributed by atoms with Gasteiger partial charge in [-0.3, -0.25) is 4.79 Å². The SMILES string of the molecule is CCOC(=O)CCC[C@H](O)c1ccccc1. The second-order valence-corrected chi connectivity index (χ2v) is 3.62. The summed E-state index contributed by atoms with van der Waals surface area (Å²) in [5, 5.41) is 9.81. The predicted octanol–water partition coefficient (Wildman–Crippen LogP) is 2.45. The molecule has 0 radical (unpaired) electrons. The Morgan fingerprint density at radius 1 is 1.38 bits per heavy atom. The molecule has 1 aromatic carbocycles. The zero-order valence-electron chi connectivity index (χ0n) is 9.56. The molecule has 0 unspecified atom stereocenters. The van der Waals surface area contributed by atoms with Crippen LogP contribution in [0.4, 0.5) is 0 Å². The Balaban J connectivity index is 2.26. The van der Waals surface area contributed by atoms with Crippen LogP contribution in [0.25, 0.3) is 0 Å². The van der Waals surface area contributed by atoms with Crippen molar-refractivity contribution < 1.29 is 14.6 Å². The molecule has 0 bridgehead atoms. The summed E-state index contributed by atoms with van der Waals surface area (Å²) >= 11 is 0. The molecule has 0 aliphatic rings. The molecule has 1 N–H and O–H groups in total. The third-order valence-corrected chi connectivity index (χ3v) is 2.35. The number of hydrogen-bond acceptors (Lipinski definition) is 3. The Bertz CT molecular complexity index is 308. The van der Waals surface area contributed by atoms with Gasteiger partial charge in [-0.05, 0) is 25.3 Å². The maximum absolute atomic E-state index is 11.1. The lowest BCUT2D eigenvalue weighted by atomic mass is 10.0. The summed E-state index contributed by atoms with van der Waals surface area (Å²) in [6.45, 7) is 2.21. The van der Waals surface area contributed by atoms with E-state index in [2.05, 4.69) is 0 Å². The molecule has 0 saturated heterocycles. The van der Waals surface area contributed by atoms with Crippen molar-refractivity contribution in [3.8, 4) is 0 Å². The molecular formula is C13H18O3. The summed E-state index contributed by atoms with van der Waals surface area (Å²) < 4.78 is 4.81. The van der Waals surface area contributed by atoms with Crippen LogP contribution in [-0.4, -0.2) is 17.7 Å². The summed E-state index contributed by atoms with van der Waals surface area (Å²) in [6.07, 6.45) is 1.12. The summed E-state index contributed by atoms with van der Waals surface area (Å²) in [5.41, 5.74) is 0.895. The summed E-state index contributed by atoms with van der Waals surface area (Å²) in [5.74, 6) is -0.192. The van der Waals surface area contributed by atoms with E-state index in [0.717, 1.165) is 5.56 Å². The van der Waals surface area contributed by atoms with Gasteiger partial charge in [0.1, 0.15) is 0 Å². The van der Waals surface area contributed by atoms with E-state index >= 15 is 0 Å². The van der Waals surface area contributed by atoms with Gasteiger partial charge in [0.05, 0.1) is 12.7 Å². The first-order chi connectivity index (χ1) is 7.74. The van der Waals surface area contributed by atoms with E-state index in [0.29, 0.717) is 25.9 Å². The number of benzene rings is 1. The fourth-order valence-corrected chi connectivity index (χ4v) is 1.51. The fourth-order valence-electron chi connectivity index (χ4n) is 1.51. The Labute approximate surface area is 96.1 Å². The maximum atomic E-state index is 11.1. The molecule has 0 aliphatic heterocycles. The Morgan fingerprint density at radius 3 is 2.69 bits per heavy atom.